The minimum Gasteiger partial charge on any atom is -0.486 e. The van der Waals surface area contributed by atoms with Crippen molar-refractivity contribution in [1.82, 2.24) is 9.55 Å². The molecule has 26 heavy (non-hydrogen) atoms. The van der Waals surface area contributed by atoms with Crippen molar-refractivity contribution >= 4 is 33.4 Å². The van der Waals surface area contributed by atoms with Crippen LogP contribution in [0.4, 0.5) is 0 Å². The van der Waals surface area contributed by atoms with E-state index in [1.165, 1.54) is 10.8 Å². The number of aromatic nitrogens is 2. The molecule has 0 bridgehead atoms. The Morgan fingerprint density at radius 2 is 1.85 bits per heavy atom. The van der Waals surface area contributed by atoms with Crippen LogP contribution in [0.3, 0.4) is 0 Å². The molecule has 132 valence electrons. The monoisotopic (exact) mass is 364 g/mol. The van der Waals surface area contributed by atoms with E-state index < -0.39 is 0 Å². The van der Waals surface area contributed by atoms with Crippen LogP contribution in [0, 0.1) is 0 Å². The van der Waals surface area contributed by atoms with Crippen LogP contribution in [-0.2, 0) is 6.61 Å². The predicted molar refractivity (Wildman–Crippen MR) is 108 cm³/mol. The Hall–Kier alpha value is -2.52. The van der Waals surface area contributed by atoms with Crippen LogP contribution in [0.2, 0.25) is 5.02 Å². The first-order valence-electron chi connectivity index (χ1n) is 8.93. The van der Waals surface area contributed by atoms with Gasteiger partial charge in [0.1, 0.15) is 18.2 Å². The summed E-state index contributed by atoms with van der Waals surface area (Å²) < 4.78 is 8.34. The van der Waals surface area contributed by atoms with Gasteiger partial charge in [0.05, 0.1) is 11.0 Å². The molecule has 1 atom stereocenters. The first-order valence-corrected chi connectivity index (χ1v) is 9.31. The molecule has 0 aliphatic rings. The standard InChI is InChI=1S/C22H21ClN2O/c1-3-15(2)25-21-11-9-18(23)13-20(21)24-22(25)14-26-19-10-8-16-6-4-5-7-17(16)12-19/h4-13,15H,3,14H2,1-2H3. The third-order valence-electron chi connectivity index (χ3n) is 4.85. The van der Waals surface area contributed by atoms with Crippen LogP contribution in [0.1, 0.15) is 32.1 Å². The molecule has 0 aliphatic carbocycles. The molecule has 0 spiro atoms. The van der Waals surface area contributed by atoms with Gasteiger partial charge in [-0.3, -0.25) is 0 Å². The third-order valence-corrected chi connectivity index (χ3v) is 5.08. The maximum Gasteiger partial charge on any atom is 0.148 e. The average Bonchev–Trinajstić information content (AvgIpc) is 3.03. The zero-order chi connectivity index (χ0) is 18.1. The van der Waals surface area contributed by atoms with Crippen molar-refractivity contribution in [2.45, 2.75) is 32.9 Å². The van der Waals surface area contributed by atoms with Gasteiger partial charge in [-0.05, 0) is 54.4 Å². The summed E-state index contributed by atoms with van der Waals surface area (Å²) in [5.74, 6) is 1.77. The highest BCUT2D eigenvalue weighted by Gasteiger charge is 2.15. The fraction of sp³-hybridized carbons (Fsp3) is 0.227. The van der Waals surface area contributed by atoms with Gasteiger partial charge in [-0.15, -0.1) is 0 Å². The first-order chi connectivity index (χ1) is 12.7. The van der Waals surface area contributed by atoms with Crippen molar-refractivity contribution in [2.75, 3.05) is 0 Å². The minimum atomic E-state index is 0.344. The number of ether oxygens (including phenoxy) is 1. The van der Waals surface area contributed by atoms with Crippen molar-refractivity contribution in [3.05, 3.63) is 71.5 Å². The summed E-state index contributed by atoms with van der Waals surface area (Å²) in [6.45, 7) is 4.81. The Balaban J connectivity index is 1.67. The van der Waals surface area contributed by atoms with Crippen molar-refractivity contribution in [3.63, 3.8) is 0 Å². The fourth-order valence-corrected chi connectivity index (χ4v) is 3.47. The van der Waals surface area contributed by atoms with Crippen molar-refractivity contribution in [3.8, 4) is 5.75 Å². The van der Waals surface area contributed by atoms with Crippen molar-refractivity contribution in [1.29, 1.82) is 0 Å². The summed E-state index contributed by atoms with van der Waals surface area (Å²) in [6.07, 6.45) is 1.02. The summed E-state index contributed by atoms with van der Waals surface area (Å²) in [6, 6.07) is 20.7. The zero-order valence-electron chi connectivity index (χ0n) is 14.9. The Morgan fingerprint density at radius 1 is 1.04 bits per heavy atom. The van der Waals surface area contributed by atoms with Gasteiger partial charge in [-0.1, -0.05) is 48.9 Å². The summed E-state index contributed by atoms with van der Waals surface area (Å²) in [5.41, 5.74) is 2.01. The van der Waals surface area contributed by atoms with E-state index in [2.05, 4.69) is 42.7 Å². The smallest absolute Gasteiger partial charge is 0.148 e. The number of hydrogen-bond acceptors (Lipinski definition) is 2. The molecule has 4 aromatic rings. The average molecular weight is 365 g/mol. The minimum absolute atomic E-state index is 0.344. The molecule has 3 aromatic carbocycles. The molecular formula is C22H21ClN2O. The van der Waals surface area contributed by atoms with Crippen LogP contribution >= 0.6 is 11.6 Å². The Kier molecular flexibility index (Phi) is 4.56. The molecular weight excluding hydrogens is 344 g/mol. The molecule has 4 heteroatoms. The van der Waals surface area contributed by atoms with Gasteiger partial charge in [0.15, 0.2) is 0 Å². The highest BCUT2D eigenvalue weighted by Crippen LogP contribution is 2.27. The van der Waals surface area contributed by atoms with Gasteiger partial charge in [0.2, 0.25) is 0 Å². The molecule has 0 aliphatic heterocycles. The van der Waals surface area contributed by atoms with Crippen LogP contribution in [0.25, 0.3) is 21.8 Å². The van der Waals surface area contributed by atoms with Gasteiger partial charge >= 0.3 is 0 Å². The number of benzene rings is 3. The Bertz CT molecular complexity index is 1070. The van der Waals surface area contributed by atoms with E-state index in [-0.39, 0.29) is 0 Å². The van der Waals surface area contributed by atoms with Crippen molar-refractivity contribution in [2.24, 2.45) is 0 Å². The lowest BCUT2D eigenvalue weighted by Gasteiger charge is -2.16. The Labute approximate surface area is 158 Å². The molecule has 0 amide bonds. The molecule has 0 saturated heterocycles. The second kappa shape index (κ2) is 7.00. The van der Waals surface area contributed by atoms with E-state index in [0.717, 1.165) is 29.0 Å². The van der Waals surface area contributed by atoms with Crippen molar-refractivity contribution < 1.29 is 4.74 Å². The van der Waals surface area contributed by atoms with E-state index in [4.69, 9.17) is 21.3 Å². The van der Waals surface area contributed by atoms with Gasteiger partial charge in [0.25, 0.3) is 0 Å². The third kappa shape index (κ3) is 3.15. The maximum absolute atomic E-state index is 6.14. The molecule has 0 radical (unpaired) electrons. The molecule has 0 saturated carbocycles. The fourth-order valence-electron chi connectivity index (χ4n) is 3.30. The molecule has 0 N–H and O–H groups in total. The summed E-state index contributed by atoms with van der Waals surface area (Å²) in [5, 5.41) is 3.09. The van der Waals surface area contributed by atoms with E-state index in [1.54, 1.807) is 0 Å². The molecule has 1 heterocycles. The molecule has 4 rings (SSSR count). The van der Waals surface area contributed by atoms with Crippen LogP contribution in [-0.4, -0.2) is 9.55 Å². The summed E-state index contributed by atoms with van der Waals surface area (Å²) >= 11 is 6.14. The number of nitrogens with zero attached hydrogens (tertiary/aromatic N) is 2. The normalized spacial score (nSPS) is 12.6. The number of hydrogen-bond donors (Lipinski definition) is 0. The van der Waals surface area contributed by atoms with E-state index in [1.807, 2.05) is 36.4 Å². The number of imidazole rings is 1. The zero-order valence-corrected chi connectivity index (χ0v) is 15.7. The highest BCUT2D eigenvalue weighted by molar-refractivity contribution is 6.31. The first kappa shape index (κ1) is 16.9. The molecule has 3 nitrogen and oxygen atoms in total. The van der Waals surface area contributed by atoms with Crippen LogP contribution < -0.4 is 4.74 Å². The second-order valence-corrected chi connectivity index (χ2v) is 7.02. The van der Waals surface area contributed by atoms with E-state index in [0.29, 0.717) is 17.7 Å². The number of rotatable bonds is 5. The number of halogens is 1. The van der Waals surface area contributed by atoms with E-state index in [9.17, 15) is 0 Å². The van der Waals surface area contributed by atoms with Crippen LogP contribution in [0.5, 0.6) is 5.75 Å². The molecule has 1 unspecified atom stereocenters. The highest BCUT2D eigenvalue weighted by atomic mass is 35.5. The largest absolute Gasteiger partial charge is 0.486 e. The predicted octanol–water partition coefficient (Wildman–Crippen LogP) is 6.39. The summed E-state index contributed by atoms with van der Waals surface area (Å²) in [4.78, 5) is 4.77. The maximum atomic E-state index is 6.14. The quantitative estimate of drug-likeness (QED) is 0.410. The van der Waals surface area contributed by atoms with Crippen LogP contribution in [0.15, 0.2) is 60.7 Å². The SMILES string of the molecule is CCC(C)n1c(COc2ccc3ccccc3c2)nc2cc(Cl)ccc21. The van der Waals surface area contributed by atoms with E-state index >= 15 is 0 Å². The Morgan fingerprint density at radius 3 is 2.65 bits per heavy atom. The van der Waals surface area contributed by atoms with Gasteiger partial charge < -0.3 is 9.30 Å². The molecule has 0 fully saturated rings. The molecule has 1 aromatic heterocycles. The number of fused-ring (bicyclic) bond motifs is 2. The van der Waals surface area contributed by atoms with Gasteiger partial charge in [-0.2, -0.15) is 0 Å². The second-order valence-electron chi connectivity index (χ2n) is 6.59. The van der Waals surface area contributed by atoms with Gasteiger partial charge in [0, 0.05) is 11.1 Å². The summed E-state index contributed by atoms with van der Waals surface area (Å²) in [7, 11) is 0. The lowest BCUT2D eigenvalue weighted by molar-refractivity contribution is 0.286. The van der Waals surface area contributed by atoms with Gasteiger partial charge in [-0.25, -0.2) is 4.98 Å². The lowest BCUT2D eigenvalue weighted by atomic mass is 10.1. The topological polar surface area (TPSA) is 27.1 Å². The lowest BCUT2D eigenvalue weighted by Crippen LogP contribution is -2.11.